The Hall–Kier alpha value is -2.49. The molecule has 0 unspecified atom stereocenters. The van der Waals surface area contributed by atoms with Crippen molar-refractivity contribution in [2.75, 3.05) is 29.0 Å². The van der Waals surface area contributed by atoms with E-state index < -0.39 is 0 Å². The number of benzene rings is 2. The van der Waals surface area contributed by atoms with Gasteiger partial charge in [-0.3, -0.25) is 4.79 Å². The van der Waals surface area contributed by atoms with Crippen molar-refractivity contribution in [3.63, 3.8) is 0 Å². The third kappa shape index (κ3) is 2.99. The van der Waals surface area contributed by atoms with Crippen molar-refractivity contribution in [2.45, 2.75) is 12.8 Å². The lowest BCUT2D eigenvalue weighted by Crippen LogP contribution is -2.18. The molecule has 21 heavy (non-hydrogen) atoms. The van der Waals surface area contributed by atoms with Gasteiger partial charge in [-0.15, -0.1) is 0 Å². The van der Waals surface area contributed by atoms with Crippen LogP contribution >= 0.6 is 0 Å². The number of nitrogens with zero attached hydrogens (tertiary/aromatic N) is 1. The summed E-state index contributed by atoms with van der Waals surface area (Å²) in [5.41, 5.74) is 8.87. The van der Waals surface area contributed by atoms with Crippen molar-refractivity contribution in [2.24, 2.45) is 0 Å². The molecule has 0 aliphatic carbocycles. The average molecular weight is 281 g/mol. The first kappa shape index (κ1) is 13.5. The van der Waals surface area contributed by atoms with Gasteiger partial charge in [-0.25, -0.2) is 0 Å². The number of rotatable bonds is 3. The standard InChI is InChI=1S/C17H19N3O/c18-15-5-1-2-6-16(15)19-17(21)13-7-9-14(10-8-13)20-11-3-4-12-20/h1-2,5-10H,3-4,11-12,18H2,(H,19,21). The fourth-order valence-electron chi connectivity index (χ4n) is 2.60. The molecule has 3 rings (SSSR count). The van der Waals surface area contributed by atoms with Gasteiger partial charge in [0.2, 0.25) is 0 Å². The Bertz CT molecular complexity index is 631. The molecule has 1 aliphatic heterocycles. The number of carbonyl (C=O) groups excluding carboxylic acids is 1. The molecule has 108 valence electrons. The van der Waals surface area contributed by atoms with Crippen LogP contribution in [-0.2, 0) is 0 Å². The molecule has 1 heterocycles. The lowest BCUT2D eigenvalue weighted by Gasteiger charge is -2.17. The van der Waals surface area contributed by atoms with Gasteiger partial charge >= 0.3 is 0 Å². The van der Waals surface area contributed by atoms with E-state index >= 15 is 0 Å². The van der Waals surface area contributed by atoms with E-state index in [2.05, 4.69) is 10.2 Å². The van der Waals surface area contributed by atoms with Gasteiger partial charge in [-0.2, -0.15) is 0 Å². The van der Waals surface area contributed by atoms with E-state index in [4.69, 9.17) is 5.73 Å². The van der Waals surface area contributed by atoms with Crippen molar-refractivity contribution >= 4 is 23.0 Å². The molecule has 1 saturated heterocycles. The van der Waals surface area contributed by atoms with Crippen LogP contribution in [-0.4, -0.2) is 19.0 Å². The number of anilines is 3. The van der Waals surface area contributed by atoms with Gasteiger partial charge < -0.3 is 16.0 Å². The molecule has 0 atom stereocenters. The Morgan fingerprint density at radius 1 is 1.00 bits per heavy atom. The van der Waals surface area contributed by atoms with Gasteiger partial charge in [0.1, 0.15) is 0 Å². The summed E-state index contributed by atoms with van der Waals surface area (Å²) in [5.74, 6) is -0.138. The number of carbonyl (C=O) groups is 1. The minimum Gasteiger partial charge on any atom is -0.397 e. The van der Waals surface area contributed by atoms with Crippen LogP contribution in [0.1, 0.15) is 23.2 Å². The summed E-state index contributed by atoms with van der Waals surface area (Å²) < 4.78 is 0. The lowest BCUT2D eigenvalue weighted by molar-refractivity contribution is 0.102. The Morgan fingerprint density at radius 2 is 1.67 bits per heavy atom. The zero-order valence-electron chi connectivity index (χ0n) is 11.9. The summed E-state index contributed by atoms with van der Waals surface area (Å²) in [6.07, 6.45) is 2.49. The maximum absolute atomic E-state index is 12.2. The lowest BCUT2D eigenvalue weighted by atomic mass is 10.1. The second-order valence-electron chi connectivity index (χ2n) is 5.28. The van der Waals surface area contributed by atoms with Gasteiger partial charge in [0.15, 0.2) is 0 Å². The Morgan fingerprint density at radius 3 is 2.33 bits per heavy atom. The van der Waals surface area contributed by atoms with E-state index in [9.17, 15) is 4.79 Å². The van der Waals surface area contributed by atoms with Crippen LogP contribution in [0.25, 0.3) is 0 Å². The van der Waals surface area contributed by atoms with Gasteiger partial charge in [-0.1, -0.05) is 12.1 Å². The molecule has 0 spiro atoms. The third-order valence-corrected chi connectivity index (χ3v) is 3.81. The molecule has 1 fully saturated rings. The highest BCUT2D eigenvalue weighted by Crippen LogP contribution is 2.22. The molecule has 2 aromatic carbocycles. The van der Waals surface area contributed by atoms with E-state index in [1.54, 1.807) is 12.1 Å². The minimum atomic E-state index is -0.138. The summed E-state index contributed by atoms with van der Waals surface area (Å²) in [4.78, 5) is 14.6. The largest absolute Gasteiger partial charge is 0.397 e. The summed E-state index contributed by atoms with van der Waals surface area (Å²) in [7, 11) is 0. The van der Waals surface area contributed by atoms with Crippen molar-refractivity contribution in [1.29, 1.82) is 0 Å². The van der Waals surface area contributed by atoms with E-state index in [-0.39, 0.29) is 5.91 Å². The number of para-hydroxylation sites is 2. The molecule has 3 N–H and O–H groups in total. The summed E-state index contributed by atoms with van der Waals surface area (Å²) >= 11 is 0. The fourth-order valence-corrected chi connectivity index (χ4v) is 2.60. The second kappa shape index (κ2) is 5.87. The van der Waals surface area contributed by atoms with E-state index in [1.165, 1.54) is 18.5 Å². The molecule has 2 aromatic rings. The molecule has 1 amide bonds. The zero-order valence-corrected chi connectivity index (χ0v) is 11.9. The summed E-state index contributed by atoms with van der Waals surface area (Å²) in [5, 5.41) is 2.84. The predicted molar refractivity (Wildman–Crippen MR) is 86.7 cm³/mol. The maximum atomic E-state index is 12.2. The SMILES string of the molecule is Nc1ccccc1NC(=O)c1ccc(N2CCCC2)cc1. The van der Waals surface area contributed by atoms with Gasteiger partial charge in [0.05, 0.1) is 11.4 Å². The Kier molecular flexibility index (Phi) is 3.77. The third-order valence-electron chi connectivity index (χ3n) is 3.81. The summed E-state index contributed by atoms with van der Waals surface area (Å²) in [6, 6.07) is 15.0. The number of nitrogens with one attached hydrogen (secondary N) is 1. The molecule has 0 radical (unpaired) electrons. The molecule has 0 aromatic heterocycles. The number of nitrogens with two attached hydrogens (primary N) is 1. The van der Waals surface area contributed by atoms with Crippen molar-refractivity contribution in [1.82, 2.24) is 0 Å². The number of hydrogen-bond donors (Lipinski definition) is 2. The smallest absolute Gasteiger partial charge is 0.255 e. The van der Waals surface area contributed by atoms with Crippen LogP contribution in [0.5, 0.6) is 0 Å². The van der Waals surface area contributed by atoms with E-state index in [0.717, 1.165) is 13.1 Å². The van der Waals surface area contributed by atoms with Gasteiger partial charge in [0.25, 0.3) is 5.91 Å². The Balaban J connectivity index is 1.71. The van der Waals surface area contributed by atoms with E-state index in [1.807, 2.05) is 36.4 Å². The molecule has 4 nitrogen and oxygen atoms in total. The Labute approximate surface area is 124 Å². The second-order valence-corrected chi connectivity index (χ2v) is 5.28. The van der Waals surface area contributed by atoms with Crippen LogP contribution in [0, 0.1) is 0 Å². The molecular weight excluding hydrogens is 262 g/mol. The quantitative estimate of drug-likeness (QED) is 0.850. The first-order valence-corrected chi connectivity index (χ1v) is 7.25. The normalized spacial score (nSPS) is 14.2. The molecule has 0 saturated carbocycles. The maximum Gasteiger partial charge on any atom is 0.255 e. The number of nitrogen functional groups attached to an aromatic ring is 1. The van der Waals surface area contributed by atoms with Crippen LogP contribution in [0.15, 0.2) is 48.5 Å². The number of hydrogen-bond acceptors (Lipinski definition) is 3. The van der Waals surface area contributed by atoms with E-state index in [0.29, 0.717) is 16.9 Å². The minimum absolute atomic E-state index is 0.138. The highest BCUT2D eigenvalue weighted by molar-refractivity contribution is 6.05. The molecule has 4 heteroatoms. The average Bonchev–Trinajstić information content (AvgIpc) is 3.04. The van der Waals surface area contributed by atoms with Gasteiger partial charge in [-0.05, 0) is 49.2 Å². The fraction of sp³-hybridized carbons (Fsp3) is 0.235. The zero-order chi connectivity index (χ0) is 14.7. The monoisotopic (exact) mass is 281 g/mol. The van der Waals surface area contributed by atoms with Crippen molar-refractivity contribution < 1.29 is 4.79 Å². The first-order chi connectivity index (χ1) is 10.2. The molecule has 0 bridgehead atoms. The van der Waals surface area contributed by atoms with Gasteiger partial charge in [0, 0.05) is 24.3 Å². The van der Waals surface area contributed by atoms with Crippen LogP contribution in [0.2, 0.25) is 0 Å². The number of amides is 1. The molecule has 1 aliphatic rings. The molecular formula is C17H19N3O. The highest BCUT2D eigenvalue weighted by Gasteiger charge is 2.13. The van der Waals surface area contributed by atoms with Crippen LogP contribution in [0.3, 0.4) is 0 Å². The predicted octanol–water partition coefficient (Wildman–Crippen LogP) is 3.12. The highest BCUT2D eigenvalue weighted by atomic mass is 16.1. The van der Waals surface area contributed by atoms with Crippen molar-refractivity contribution in [3.05, 3.63) is 54.1 Å². The first-order valence-electron chi connectivity index (χ1n) is 7.25. The summed E-state index contributed by atoms with van der Waals surface area (Å²) in [6.45, 7) is 2.21. The van der Waals surface area contributed by atoms with Crippen molar-refractivity contribution in [3.8, 4) is 0 Å². The topological polar surface area (TPSA) is 58.4 Å². The van der Waals surface area contributed by atoms with Crippen LogP contribution < -0.4 is 16.0 Å². The van der Waals surface area contributed by atoms with Crippen LogP contribution in [0.4, 0.5) is 17.1 Å².